The summed E-state index contributed by atoms with van der Waals surface area (Å²) in [6.07, 6.45) is 6.65. The van der Waals surface area contributed by atoms with E-state index >= 15 is 0 Å². The molecule has 2 aliphatic heterocycles. The lowest BCUT2D eigenvalue weighted by atomic mass is 9.79. The van der Waals surface area contributed by atoms with Crippen LogP contribution < -0.4 is 4.90 Å². The third kappa shape index (κ3) is 1.96. The van der Waals surface area contributed by atoms with Crippen molar-refractivity contribution < 1.29 is 4.90 Å². The highest BCUT2D eigenvalue weighted by Gasteiger charge is 2.46. The van der Waals surface area contributed by atoms with E-state index in [-0.39, 0.29) is 0 Å². The number of aryl methyl sites for hydroxylation is 1. The van der Waals surface area contributed by atoms with E-state index in [1.807, 2.05) is 4.90 Å². The lowest BCUT2D eigenvalue weighted by Gasteiger charge is -2.43. The lowest BCUT2D eigenvalue weighted by Crippen LogP contribution is -3.19. The molecule has 0 radical (unpaired) electrons. The van der Waals surface area contributed by atoms with Crippen molar-refractivity contribution in [3.05, 3.63) is 35.5 Å². The third-order valence-electron chi connectivity index (χ3n) is 6.22. The van der Waals surface area contributed by atoms with Crippen molar-refractivity contribution >= 4 is 10.9 Å². The minimum absolute atomic E-state index is 0.302. The third-order valence-corrected chi connectivity index (χ3v) is 6.22. The molecule has 3 atom stereocenters. The number of hydrogen-bond acceptors (Lipinski definition) is 0. The molecule has 1 aromatic heterocycles. The molecule has 0 aliphatic carbocycles. The second-order valence-corrected chi connectivity index (χ2v) is 7.33. The zero-order chi connectivity index (χ0) is 14.4. The highest BCUT2D eigenvalue weighted by atomic mass is 15.2. The second kappa shape index (κ2) is 4.88. The number of fused-ring (bicyclic) bond motifs is 5. The van der Waals surface area contributed by atoms with Crippen LogP contribution in [0.3, 0.4) is 0 Å². The van der Waals surface area contributed by atoms with Gasteiger partial charge in [0.15, 0.2) is 0 Å². The Bertz CT molecular complexity index is 657. The zero-order valence-corrected chi connectivity index (χ0v) is 13.3. The predicted molar refractivity (Wildman–Crippen MR) is 87.7 cm³/mol. The number of aromatic amines is 1. The summed E-state index contributed by atoms with van der Waals surface area (Å²) in [5.41, 5.74) is 4.79. The summed E-state index contributed by atoms with van der Waals surface area (Å²) in [6, 6.07) is 8.88. The van der Waals surface area contributed by atoms with Crippen LogP contribution >= 0.6 is 0 Å². The summed E-state index contributed by atoms with van der Waals surface area (Å²) in [7, 11) is 0. The fourth-order valence-electron chi connectivity index (χ4n) is 4.78. The standard InChI is InChI=1S/C19H26N2/c1-3-14-10-11-19(2)18-16(8-6-12-21(19)13-14)15-7-4-5-9-17(15)20-18/h4-5,7,9,14,20H,3,6,8,10-13H2,1-2H3/p+1. The molecule has 0 spiro atoms. The van der Waals surface area contributed by atoms with Gasteiger partial charge in [0, 0.05) is 29.7 Å². The summed E-state index contributed by atoms with van der Waals surface area (Å²) < 4.78 is 0. The second-order valence-electron chi connectivity index (χ2n) is 7.33. The molecule has 4 rings (SSSR count). The van der Waals surface area contributed by atoms with Crippen LogP contribution in [0.1, 0.15) is 50.8 Å². The first-order chi connectivity index (χ1) is 10.2. The van der Waals surface area contributed by atoms with Crippen molar-refractivity contribution in [3.63, 3.8) is 0 Å². The van der Waals surface area contributed by atoms with Crippen LogP contribution in [-0.4, -0.2) is 18.1 Å². The molecule has 3 unspecified atom stereocenters. The minimum atomic E-state index is 0.302. The first-order valence-corrected chi connectivity index (χ1v) is 8.67. The van der Waals surface area contributed by atoms with Gasteiger partial charge in [0.05, 0.1) is 18.8 Å². The van der Waals surface area contributed by atoms with Crippen LogP contribution in [0.5, 0.6) is 0 Å². The highest BCUT2D eigenvalue weighted by Crippen LogP contribution is 2.36. The molecule has 0 amide bonds. The average Bonchev–Trinajstić information content (AvgIpc) is 2.82. The number of para-hydroxylation sites is 1. The fourth-order valence-corrected chi connectivity index (χ4v) is 4.78. The molecule has 2 heteroatoms. The first kappa shape index (κ1) is 13.4. The monoisotopic (exact) mass is 283 g/mol. The van der Waals surface area contributed by atoms with Crippen molar-refractivity contribution in [2.75, 3.05) is 13.1 Å². The maximum Gasteiger partial charge on any atom is 0.136 e. The van der Waals surface area contributed by atoms with Gasteiger partial charge in [-0.15, -0.1) is 0 Å². The van der Waals surface area contributed by atoms with Crippen LogP contribution in [0.25, 0.3) is 10.9 Å². The topological polar surface area (TPSA) is 20.2 Å². The number of aromatic nitrogens is 1. The van der Waals surface area contributed by atoms with Gasteiger partial charge < -0.3 is 9.88 Å². The number of rotatable bonds is 1. The molecule has 2 nitrogen and oxygen atoms in total. The molecule has 21 heavy (non-hydrogen) atoms. The Morgan fingerprint density at radius 3 is 3.05 bits per heavy atom. The molecule has 2 aliphatic rings. The van der Waals surface area contributed by atoms with Gasteiger partial charge in [0.1, 0.15) is 5.54 Å². The molecular weight excluding hydrogens is 256 g/mol. The van der Waals surface area contributed by atoms with Crippen LogP contribution in [0.4, 0.5) is 0 Å². The lowest BCUT2D eigenvalue weighted by molar-refractivity contribution is -0.968. The van der Waals surface area contributed by atoms with E-state index in [2.05, 4.69) is 43.1 Å². The van der Waals surface area contributed by atoms with Crippen molar-refractivity contribution in [2.45, 2.75) is 51.5 Å². The van der Waals surface area contributed by atoms with Crippen molar-refractivity contribution in [2.24, 2.45) is 5.92 Å². The van der Waals surface area contributed by atoms with Gasteiger partial charge in [-0.05, 0) is 37.8 Å². The number of H-pyrrole nitrogens is 1. The molecule has 1 fully saturated rings. The summed E-state index contributed by atoms with van der Waals surface area (Å²) >= 11 is 0. The number of benzene rings is 1. The van der Waals surface area contributed by atoms with Gasteiger partial charge in [0.2, 0.25) is 0 Å². The van der Waals surface area contributed by atoms with Crippen LogP contribution in [0, 0.1) is 5.92 Å². The van der Waals surface area contributed by atoms with E-state index in [0.717, 1.165) is 5.92 Å². The highest BCUT2D eigenvalue weighted by molar-refractivity contribution is 5.85. The number of nitrogens with one attached hydrogen (secondary N) is 2. The van der Waals surface area contributed by atoms with Crippen LogP contribution in [0.15, 0.2) is 24.3 Å². The maximum atomic E-state index is 3.81. The number of hydrogen-bond donors (Lipinski definition) is 2. The summed E-state index contributed by atoms with van der Waals surface area (Å²) in [4.78, 5) is 5.63. The van der Waals surface area contributed by atoms with E-state index in [1.54, 1.807) is 11.3 Å². The van der Waals surface area contributed by atoms with Gasteiger partial charge in [-0.25, -0.2) is 0 Å². The van der Waals surface area contributed by atoms with Gasteiger partial charge in [-0.2, -0.15) is 0 Å². The Labute approximate surface area is 127 Å². The molecule has 0 saturated carbocycles. The normalized spacial score (nSPS) is 32.5. The first-order valence-electron chi connectivity index (χ1n) is 8.67. The van der Waals surface area contributed by atoms with Gasteiger partial charge >= 0.3 is 0 Å². The Morgan fingerprint density at radius 1 is 1.33 bits per heavy atom. The summed E-state index contributed by atoms with van der Waals surface area (Å²) in [5, 5.41) is 1.47. The van der Waals surface area contributed by atoms with Gasteiger partial charge in [-0.3, -0.25) is 0 Å². The van der Waals surface area contributed by atoms with E-state index in [0.29, 0.717) is 5.54 Å². The van der Waals surface area contributed by atoms with E-state index in [9.17, 15) is 0 Å². The average molecular weight is 283 g/mol. The molecule has 112 valence electrons. The molecular formula is C19H27N2+. The van der Waals surface area contributed by atoms with Crippen LogP contribution in [0.2, 0.25) is 0 Å². The molecule has 1 saturated heterocycles. The van der Waals surface area contributed by atoms with Crippen molar-refractivity contribution in [1.29, 1.82) is 0 Å². The number of piperidine rings is 1. The quantitative estimate of drug-likeness (QED) is 0.802. The van der Waals surface area contributed by atoms with E-state index < -0.39 is 0 Å². The molecule has 2 aromatic rings. The maximum absolute atomic E-state index is 3.81. The Morgan fingerprint density at radius 2 is 2.19 bits per heavy atom. The van der Waals surface area contributed by atoms with Crippen molar-refractivity contribution in [1.82, 2.24) is 4.98 Å². The zero-order valence-electron chi connectivity index (χ0n) is 13.3. The largest absolute Gasteiger partial charge is 0.353 e. The predicted octanol–water partition coefficient (Wildman–Crippen LogP) is 3.03. The minimum Gasteiger partial charge on any atom is -0.353 e. The van der Waals surface area contributed by atoms with E-state index in [1.165, 1.54) is 56.1 Å². The number of quaternary nitrogens is 1. The molecule has 2 N–H and O–H groups in total. The fraction of sp³-hybridized carbons (Fsp3) is 0.579. The molecule has 3 heterocycles. The SMILES string of the molecule is CCC1CCC2(C)c3[nH]c4ccccc4c3CCC[NH+]2C1. The summed E-state index contributed by atoms with van der Waals surface area (Å²) in [6.45, 7) is 7.57. The van der Waals surface area contributed by atoms with Crippen molar-refractivity contribution in [3.8, 4) is 0 Å². The Hall–Kier alpha value is -1.28. The smallest absolute Gasteiger partial charge is 0.136 e. The summed E-state index contributed by atoms with van der Waals surface area (Å²) in [5.74, 6) is 0.930. The van der Waals surface area contributed by atoms with Gasteiger partial charge in [-0.1, -0.05) is 25.1 Å². The van der Waals surface area contributed by atoms with E-state index in [4.69, 9.17) is 0 Å². The Kier molecular flexibility index (Phi) is 3.11. The molecule has 0 bridgehead atoms. The Balaban J connectivity index is 1.84. The van der Waals surface area contributed by atoms with Gasteiger partial charge in [0.25, 0.3) is 0 Å². The van der Waals surface area contributed by atoms with Crippen LogP contribution in [-0.2, 0) is 12.0 Å². The molecule has 1 aromatic carbocycles.